The maximum Gasteiger partial charge on any atom is 0.167 e. The average Bonchev–Trinajstić information content (AvgIpc) is 3.42. The van der Waals surface area contributed by atoms with E-state index in [9.17, 15) is 10.2 Å². The fourth-order valence-corrected chi connectivity index (χ4v) is 4.00. The molecule has 10 nitrogen and oxygen atoms in total. The molecule has 1 aliphatic heterocycles. The van der Waals surface area contributed by atoms with Crippen molar-refractivity contribution in [2.45, 2.75) is 50.2 Å². The van der Waals surface area contributed by atoms with Crippen molar-refractivity contribution in [3.05, 3.63) is 12.7 Å². The summed E-state index contributed by atoms with van der Waals surface area (Å²) in [5.41, 5.74) is 6.78. The third kappa shape index (κ3) is 3.83. The van der Waals surface area contributed by atoms with Crippen molar-refractivity contribution >= 4 is 17.0 Å². The molecule has 28 heavy (non-hydrogen) atoms. The molecule has 1 saturated carbocycles. The van der Waals surface area contributed by atoms with E-state index in [2.05, 4.69) is 15.0 Å². The second-order valence-corrected chi connectivity index (χ2v) is 7.38. The predicted octanol–water partition coefficient (Wildman–Crippen LogP) is 0.251. The molecule has 4 N–H and O–H groups in total. The van der Waals surface area contributed by atoms with Gasteiger partial charge in [0.2, 0.25) is 0 Å². The highest BCUT2D eigenvalue weighted by molar-refractivity contribution is 5.81. The van der Waals surface area contributed by atoms with E-state index in [1.807, 2.05) is 0 Å². The maximum absolute atomic E-state index is 10.5. The van der Waals surface area contributed by atoms with Crippen molar-refractivity contribution < 1.29 is 24.4 Å². The molecule has 0 aromatic carbocycles. The normalized spacial score (nSPS) is 28.5. The third-order valence-corrected chi connectivity index (χ3v) is 5.52. The van der Waals surface area contributed by atoms with E-state index in [0.29, 0.717) is 30.3 Å². The Kier molecular flexibility index (Phi) is 6.02. The van der Waals surface area contributed by atoms with Crippen LogP contribution in [0.15, 0.2) is 12.7 Å². The highest BCUT2D eigenvalue weighted by Gasteiger charge is 2.45. The lowest BCUT2D eigenvalue weighted by Gasteiger charge is -2.22. The number of anilines is 1. The lowest BCUT2D eigenvalue weighted by atomic mass is 10.1. The molecule has 0 radical (unpaired) electrons. The number of ether oxygens (including phenoxy) is 3. The minimum Gasteiger partial charge on any atom is -0.394 e. The van der Waals surface area contributed by atoms with E-state index in [1.54, 1.807) is 4.57 Å². The number of hydrogen-bond donors (Lipinski definition) is 3. The van der Waals surface area contributed by atoms with Gasteiger partial charge in [-0.3, -0.25) is 4.57 Å². The molecule has 2 aromatic heterocycles. The van der Waals surface area contributed by atoms with Crippen LogP contribution in [-0.2, 0) is 14.2 Å². The number of rotatable bonds is 8. The lowest BCUT2D eigenvalue weighted by molar-refractivity contribution is -0.0826. The van der Waals surface area contributed by atoms with Gasteiger partial charge in [0.25, 0.3) is 0 Å². The fraction of sp³-hybridized carbons (Fsp3) is 0.722. The molecule has 154 valence electrons. The first-order valence-electron chi connectivity index (χ1n) is 9.75. The third-order valence-electron chi connectivity index (χ3n) is 5.52. The standard InChI is InChI=1S/C18H27N5O5/c19-16-13-17(21-9-20-16)23(10-22-13)18-15(14(25)12(7-24)28-18)27-6-5-26-8-11-3-1-2-4-11/h9-12,14-15,18,24-25H,1-8H2,(H2,19,20,21)/t12-,14?,15?,18-/m1/s1. The zero-order valence-electron chi connectivity index (χ0n) is 15.7. The number of nitrogens with zero attached hydrogens (tertiary/aromatic N) is 4. The van der Waals surface area contributed by atoms with E-state index < -0.39 is 24.5 Å². The highest BCUT2D eigenvalue weighted by atomic mass is 16.6. The fourth-order valence-electron chi connectivity index (χ4n) is 4.00. The number of aromatic nitrogens is 4. The van der Waals surface area contributed by atoms with Crippen LogP contribution in [0.1, 0.15) is 31.9 Å². The summed E-state index contributed by atoms with van der Waals surface area (Å²) in [6.07, 6.45) is 4.77. The van der Waals surface area contributed by atoms with E-state index in [0.717, 1.165) is 6.61 Å². The zero-order chi connectivity index (χ0) is 19.5. The van der Waals surface area contributed by atoms with Gasteiger partial charge in [-0.1, -0.05) is 12.8 Å². The second kappa shape index (κ2) is 8.66. The summed E-state index contributed by atoms with van der Waals surface area (Å²) in [4.78, 5) is 12.4. The number of nitrogens with two attached hydrogens (primary N) is 1. The number of aliphatic hydroxyl groups is 2. The predicted molar refractivity (Wildman–Crippen MR) is 99.3 cm³/mol. The smallest absolute Gasteiger partial charge is 0.167 e. The summed E-state index contributed by atoms with van der Waals surface area (Å²) in [5.74, 6) is 0.910. The molecule has 10 heteroatoms. The Morgan fingerprint density at radius 1 is 1.21 bits per heavy atom. The summed E-state index contributed by atoms with van der Waals surface area (Å²) in [6.45, 7) is 1.18. The van der Waals surface area contributed by atoms with Gasteiger partial charge in [-0.25, -0.2) is 15.0 Å². The van der Waals surface area contributed by atoms with Crippen LogP contribution < -0.4 is 5.73 Å². The molecule has 2 fully saturated rings. The molecule has 2 aliphatic rings. The first-order chi connectivity index (χ1) is 13.7. The summed E-state index contributed by atoms with van der Waals surface area (Å²) in [5, 5.41) is 20.1. The van der Waals surface area contributed by atoms with Crippen LogP contribution in [0.3, 0.4) is 0 Å². The number of fused-ring (bicyclic) bond motifs is 1. The first-order valence-corrected chi connectivity index (χ1v) is 9.75. The summed E-state index contributed by atoms with van der Waals surface area (Å²) in [7, 11) is 0. The molecule has 1 aliphatic carbocycles. The number of imidazole rings is 1. The largest absolute Gasteiger partial charge is 0.394 e. The minimum absolute atomic E-state index is 0.263. The molecule has 4 rings (SSSR count). The second-order valence-electron chi connectivity index (χ2n) is 7.38. The molecule has 0 spiro atoms. The van der Waals surface area contributed by atoms with Crippen LogP contribution in [0, 0.1) is 5.92 Å². The van der Waals surface area contributed by atoms with Crippen LogP contribution in [-0.4, -0.2) is 74.5 Å². The van der Waals surface area contributed by atoms with E-state index in [4.69, 9.17) is 19.9 Å². The van der Waals surface area contributed by atoms with Crippen molar-refractivity contribution in [3.63, 3.8) is 0 Å². The summed E-state index contributed by atoms with van der Waals surface area (Å²) >= 11 is 0. The van der Waals surface area contributed by atoms with Crippen LogP contribution >= 0.6 is 0 Å². The van der Waals surface area contributed by atoms with Crippen molar-refractivity contribution in [2.75, 3.05) is 32.2 Å². The highest BCUT2D eigenvalue weighted by Crippen LogP contribution is 2.34. The van der Waals surface area contributed by atoms with Gasteiger partial charge < -0.3 is 30.2 Å². The van der Waals surface area contributed by atoms with Crippen LogP contribution in [0.5, 0.6) is 0 Å². The Balaban J connectivity index is 1.41. The van der Waals surface area contributed by atoms with Gasteiger partial charge in [0.1, 0.15) is 30.2 Å². The Hall–Kier alpha value is -1.85. The van der Waals surface area contributed by atoms with Gasteiger partial charge in [0, 0.05) is 6.61 Å². The zero-order valence-corrected chi connectivity index (χ0v) is 15.7. The quantitative estimate of drug-likeness (QED) is 0.539. The Morgan fingerprint density at radius 2 is 2.04 bits per heavy atom. The van der Waals surface area contributed by atoms with Gasteiger partial charge >= 0.3 is 0 Å². The van der Waals surface area contributed by atoms with Crippen LogP contribution in [0.4, 0.5) is 5.82 Å². The van der Waals surface area contributed by atoms with E-state index >= 15 is 0 Å². The number of hydrogen-bond acceptors (Lipinski definition) is 9. The summed E-state index contributed by atoms with van der Waals surface area (Å²) < 4.78 is 19.1. The molecule has 4 atom stereocenters. The van der Waals surface area contributed by atoms with Gasteiger partial charge in [-0.05, 0) is 18.8 Å². The Morgan fingerprint density at radius 3 is 2.82 bits per heavy atom. The molecule has 2 unspecified atom stereocenters. The minimum atomic E-state index is -0.985. The molecular formula is C18H27N5O5. The van der Waals surface area contributed by atoms with Crippen molar-refractivity contribution in [3.8, 4) is 0 Å². The van der Waals surface area contributed by atoms with Crippen molar-refractivity contribution in [2.24, 2.45) is 5.92 Å². The molecule has 3 heterocycles. The average molecular weight is 393 g/mol. The monoisotopic (exact) mass is 393 g/mol. The molecule has 1 saturated heterocycles. The number of nitrogen functional groups attached to an aromatic ring is 1. The van der Waals surface area contributed by atoms with Crippen molar-refractivity contribution in [1.82, 2.24) is 19.5 Å². The van der Waals surface area contributed by atoms with E-state index in [-0.39, 0.29) is 12.4 Å². The number of aliphatic hydroxyl groups excluding tert-OH is 2. The molecular weight excluding hydrogens is 366 g/mol. The lowest BCUT2D eigenvalue weighted by Crippen LogP contribution is -2.36. The van der Waals surface area contributed by atoms with Gasteiger partial charge in [-0.2, -0.15) is 0 Å². The first kappa shape index (κ1) is 19.5. The topological polar surface area (TPSA) is 138 Å². The Labute approximate surface area is 162 Å². The molecule has 0 amide bonds. The van der Waals surface area contributed by atoms with Crippen LogP contribution in [0.25, 0.3) is 11.2 Å². The SMILES string of the molecule is Nc1ncnc2c1ncn2[C@@H]1O[C@H](CO)C(O)C1OCCOCC1CCCC1. The van der Waals surface area contributed by atoms with Gasteiger partial charge in [0.15, 0.2) is 17.7 Å². The van der Waals surface area contributed by atoms with Crippen molar-refractivity contribution in [1.29, 1.82) is 0 Å². The molecule has 0 bridgehead atoms. The maximum atomic E-state index is 10.5. The Bertz CT molecular complexity index is 781. The van der Waals surface area contributed by atoms with Crippen LogP contribution in [0.2, 0.25) is 0 Å². The summed E-state index contributed by atoms with van der Waals surface area (Å²) in [6, 6.07) is 0. The molecule has 2 aromatic rings. The van der Waals surface area contributed by atoms with E-state index in [1.165, 1.54) is 38.3 Å². The van der Waals surface area contributed by atoms with Gasteiger partial charge in [-0.15, -0.1) is 0 Å². The van der Waals surface area contributed by atoms with Gasteiger partial charge in [0.05, 0.1) is 26.1 Å².